The fourth-order valence-corrected chi connectivity index (χ4v) is 1.25. The van der Waals surface area contributed by atoms with Crippen LogP contribution in [-0.4, -0.2) is 6.54 Å². The molecule has 78 valence electrons. The summed E-state index contributed by atoms with van der Waals surface area (Å²) in [4.78, 5) is 0. The maximum atomic E-state index is 12.2. The van der Waals surface area contributed by atoms with E-state index in [2.05, 4.69) is 19.2 Å². The number of hydrogen-bond donors (Lipinski definition) is 1. The monoisotopic (exact) mass is 195 g/mol. The van der Waals surface area contributed by atoms with Crippen molar-refractivity contribution in [2.45, 2.75) is 27.1 Å². The molecule has 0 radical (unpaired) electrons. The van der Waals surface area contributed by atoms with Crippen molar-refractivity contribution in [3.05, 3.63) is 35.4 Å². The molecule has 1 aromatic rings. The molecule has 0 saturated carbocycles. The molecule has 1 aromatic carbocycles. The average molecular weight is 195 g/mol. The third kappa shape index (κ3) is 3.88. The van der Waals surface area contributed by atoms with Crippen molar-refractivity contribution in [1.29, 1.82) is 0 Å². The predicted molar refractivity (Wildman–Crippen MR) is 57.8 cm³/mol. The number of nitrogens with one attached hydrogen (secondary N) is 1. The van der Waals surface area contributed by atoms with Gasteiger partial charge in [0.05, 0.1) is 0 Å². The van der Waals surface area contributed by atoms with E-state index in [-0.39, 0.29) is 6.67 Å². The topological polar surface area (TPSA) is 12.0 Å². The molecule has 0 aliphatic heterocycles. The zero-order valence-electron chi connectivity index (χ0n) is 8.89. The summed E-state index contributed by atoms with van der Waals surface area (Å²) in [6.45, 7) is 5.87. The molecule has 0 saturated heterocycles. The fourth-order valence-electron chi connectivity index (χ4n) is 1.25. The van der Waals surface area contributed by atoms with Crippen molar-refractivity contribution >= 4 is 0 Å². The van der Waals surface area contributed by atoms with Gasteiger partial charge in [0.1, 0.15) is 6.67 Å². The molecule has 0 fully saturated rings. The van der Waals surface area contributed by atoms with E-state index in [4.69, 9.17) is 0 Å². The Kier molecular flexibility index (Phi) is 4.60. The second kappa shape index (κ2) is 5.76. The summed E-state index contributed by atoms with van der Waals surface area (Å²) in [5.41, 5.74) is 1.96. The molecule has 1 nitrogen and oxygen atoms in total. The van der Waals surface area contributed by atoms with Crippen LogP contribution in [0.1, 0.15) is 25.0 Å². The van der Waals surface area contributed by atoms with Gasteiger partial charge >= 0.3 is 0 Å². The van der Waals surface area contributed by atoms with Crippen LogP contribution in [0.15, 0.2) is 24.3 Å². The Balaban J connectivity index is 2.36. The van der Waals surface area contributed by atoms with Crippen molar-refractivity contribution in [2.24, 2.45) is 5.92 Å². The van der Waals surface area contributed by atoms with E-state index in [9.17, 15) is 4.39 Å². The third-order valence-corrected chi connectivity index (χ3v) is 2.06. The normalized spacial score (nSPS) is 10.9. The highest BCUT2D eigenvalue weighted by atomic mass is 19.1. The number of benzene rings is 1. The number of alkyl halides is 1. The minimum atomic E-state index is -0.375. The third-order valence-electron chi connectivity index (χ3n) is 2.06. The second-order valence-corrected chi connectivity index (χ2v) is 3.97. The highest BCUT2D eigenvalue weighted by molar-refractivity contribution is 5.21. The maximum Gasteiger partial charge on any atom is 0.115 e. The standard InChI is InChI=1S/C12H18FN/c1-10(2)8-14-9-12-5-3-11(7-13)4-6-12/h3-6,10,14H,7-9H2,1-2H3. The molecule has 1 rings (SSSR count). The van der Waals surface area contributed by atoms with E-state index in [1.165, 1.54) is 5.56 Å². The van der Waals surface area contributed by atoms with Gasteiger partial charge in [-0.1, -0.05) is 38.1 Å². The minimum Gasteiger partial charge on any atom is -0.312 e. The van der Waals surface area contributed by atoms with Gasteiger partial charge in [0.15, 0.2) is 0 Å². The van der Waals surface area contributed by atoms with Gasteiger partial charge < -0.3 is 5.32 Å². The lowest BCUT2D eigenvalue weighted by Gasteiger charge is -2.07. The molecule has 1 N–H and O–H groups in total. The SMILES string of the molecule is CC(C)CNCc1ccc(CF)cc1. The van der Waals surface area contributed by atoms with Gasteiger partial charge in [-0.3, -0.25) is 0 Å². The first kappa shape index (κ1) is 11.2. The molecule has 0 atom stereocenters. The van der Waals surface area contributed by atoms with Gasteiger partial charge in [-0.15, -0.1) is 0 Å². The van der Waals surface area contributed by atoms with E-state index >= 15 is 0 Å². The van der Waals surface area contributed by atoms with Crippen molar-refractivity contribution in [2.75, 3.05) is 6.54 Å². The summed E-state index contributed by atoms with van der Waals surface area (Å²) in [6, 6.07) is 7.63. The minimum absolute atomic E-state index is 0.375. The van der Waals surface area contributed by atoms with Crippen molar-refractivity contribution in [1.82, 2.24) is 5.32 Å². The van der Waals surface area contributed by atoms with Crippen LogP contribution in [0.2, 0.25) is 0 Å². The Morgan fingerprint density at radius 3 is 2.21 bits per heavy atom. The summed E-state index contributed by atoms with van der Waals surface area (Å²) in [6.07, 6.45) is 0. The lowest BCUT2D eigenvalue weighted by molar-refractivity contribution is 0.485. The molecule has 14 heavy (non-hydrogen) atoms. The summed E-state index contributed by atoms with van der Waals surface area (Å²) in [7, 11) is 0. The van der Waals surface area contributed by atoms with E-state index in [0.29, 0.717) is 5.92 Å². The van der Waals surface area contributed by atoms with Crippen LogP contribution >= 0.6 is 0 Å². The van der Waals surface area contributed by atoms with E-state index in [0.717, 1.165) is 18.7 Å². The Labute approximate surface area is 85.3 Å². The molecular formula is C12H18FN. The molecule has 0 aliphatic rings. The van der Waals surface area contributed by atoms with Crippen LogP contribution in [-0.2, 0) is 13.2 Å². The molecular weight excluding hydrogens is 177 g/mol. The zero-order chi connectivity index (χ0) is 10.4. The van der Waals surface area contributed by atoms with Crippen LogP contribution in [0.25, 0.3) is 0 Å². The maximum absolute atomic E-state index is 12.2. The fraction of sp³-hybridized carbons (Fsp3) is 0.500. The molecule has 0 bridgehead atoms. The number of hydrogen-bond acceptors (Lipinski definition) is 1. The molecule has 2 heteroatoms. The largest absolute Gasteiger partial charge is 0.312 e. The summed E-state index contributed by atoms with van der Waals surface area (Å²) < 4.78 is 12.2. The lowest BCUT2D eigenvalue weighted by atomic mass is 10.1. The second-order valence-electron chi connectivity index (χ2n) is 3.97. The molecule has 0 aliphatic carbocycles. The Morgan fingerprint density at radius 1 is 1.14 bits per heavy atom. The Hall–Kier alpha value is -0.890. The van der Waals surface area contributed by atoms with Gasteiger partial charge in [-0.2, -0.15) is 0 Å². The Morgan fingerprint density at radius 2 is 1.71 bits per heavy atom. The van der Waals surface area contributed by atoms with Gasteiger partial charge in [0.2, 0.25) is 0 Å². The highest BCUT2D eigenvalue weighted by Gasteiger charge is 1.95. The smallest absolute Gasteiger partial charge is 0.115 e. The molecule has 0 amide bonds. The average Bonchev–Trinajstić information content (AvgIpc) is 2.18. The van der Waals surface area contributed by atoms with Crippen molar-refractivity contribution in [3.63, 3.8) is 0 Å². The van der Waals surface area contributed by atoms with Gasteiger partial charge in [0, 0.05) is 6.54 Å². The van der Waals surface area contributed by atoms with Gasteiger partial charge in [-0.25, -0.2) is 4.39 Å². The van der Waals surface area contributed by atoms with Crippen LogP contribution in [0.5, 0.6) is 0 Å². The lowest BCUT2D eigenvalue weighted by Crippen LogP contribution is -2.18. The predicted octanol–water partition coefficient (Wildman–Crippen LogP) is 2.90. The van der Waals surface area contributed by atoms with Gasteiger partial charge in [-0.05, 0) is 23.6 Å². The van der Waals surface area contributed by atoms with Crippen LogP contribution in [0.3, 0.4) is 0 Å². The van der Waals surface area contributed by atoms with Crippen molar-refractivity contribution < 1.29 is 4.39 Å². The first-order valence-electron chi connectivity index (χ1n) is 5.07. The first-order valence-corrected chi connectivity index (χ1v) is 5.07. The molecule has 0 heterocycles. The summed E-state index contributed by atoms with van der Waals surface area (Å²) in [5, 5.41) is 3.34. The quantitative estimate of drug-likeness (QED) is 0.761. The van der Waals surface area contributed by atoms with Gasteiger partial charge in [0.25, 0.3) is 0 Å². The number of halogens is 1. The summed E-state index contributed by atoms with van der Waals surface area (Å²) >= 11 is 0. The van der Waals surface area contributed by atoms with Crippen LogP contribution in [0, 0.1) is 5.92 Å². The molecule has 0 aromatic heterocycles. The highest BCUT2D eigenvalue weighted by Crippen LogP contribution is 2.05. The molecule has 0 unspecified atom stereocenters. The Bertz CT molecular complexity index is 254. The molecule has 0 spiro atoms. The van der Waals surface area contributed by atoms with Crippen LogP contribution < -0.4 is 5.32 Å². The van der Waals surface area contributed by atoms with E-state index in [1.807, 2.05) is 24.3 Å². The number of rotatable bonds is 5. The van der Waals surface area contributed by atoms with E-state index < -0.39 is 0 Å². The zero-order valence-corrected chi connectivity index (χ0v) is 8.89. The first-order chi connectivity index (χ1) is 6.72. The van der Waals surface area contributed by atoms with Crippen LogP contribution in [0.4, 0.5) is 4.39 Å². The summed E-state index contributed by atoms with van der Waals surface area (Å²) in [5.74, 6) is 0.667. The van der Waals surface area contributed by atoms with E-state index in [1.54, 1.807) is 0 Å². The van der Waals surface area contributed by atoms with Crippen molar-refractivity contribution in [3.8, 4) is 0 Å².